The minimum absolute atomic E-state index is 0.0431. The Bertz CT molecular complexity index is 766. The lowest BCUT2D eigenvalue weighted by atomic mass is 9.76. The van der Waals surface area contributed by atoms with E-state index < -0.39 is 0 Å². The summed E-state index contributed by atoms with van der Waals surface area (Å²) in [5.74, 6) is 1.04. The maximum Gasteiger partial charge on any atom is 0.231 e. The van der Waals surface area contributed by atoms with E-state index in [2.05, 4.69) is 5.32 Å². The molecule has 1 aromatic rings. The van der Waals surface area contributed by atoms with Crippen LogP contribution in [-0.2, 0) is 9.59 Å². The number of fused-ring (bicyclic) bond motifs is 1. The number of Topliss-reactive ketones (excluding diaryl/α,β-unsaturated/α-hetero) is 2. The maximum absolute atomic E-state index is 12.7. The predicted molar refractivity (Wildman–Crippen MR) is 94.4 cm³/mol. The summed E-state index contributed by atoms with van der Waals surface area (Å²) in [7, 11) is 0. The molecule has 2 heterocycles. The third-order valence-electron chi connectivity index (χ3n) is 4.73. The van der Waals surface area contributed by atoms with Crippen molar-refractivity contribution >= 4 is 11.6 Å². The third-order valence-corrected chi connectivity index (χ3v) is 4.73. The Hall–Kier alpha value is -2.56. The zero-order valence-corrected chi connectivity index (χ0v) is 15.1. The van der Waals surface area contributed by atoms with Crippen LogP contribution in [0.15, 0.2) is 40.7 Å². The van der Waals surface area contributed by atoms with Crippen molar-refractivity contribution < 1.29 is 19.1 Å². The first-order chi connectivity index (χ1) is 12.0. The second-order valence-electron chi connectivity index (χ2n) is 6.30. The van der Waals surface area contributed by atoms with E-state index in [0.717, 1.165) is 17.0 Å². The van der Waals surface area contributed by atoms with E-state index in [1.807, 2.05) is 45.9 Å². The minimum atomic E-state index is -0.379. The molecule has 0 amide bonds. The van der Waals surface area contributed by atoms with Gasteiger partial charge in [-0.3, -0.25) is 9.59 Å². The highest BCUT2D eigenvalue weighted by Crippen LogP contribution is 2.43. The number of ether oxygens (including phenoxy) is 2. The number of dihydropyridines is 1. The van der Waals surface area contributed by atoms with Gasteiger partial charge in [-0.05, 0) is 31.5 Å². The highest BCUT2D eigenvalue weighted by atomic mass is 16.7. The van der Waals surface area contributed by atoms with Gasteiger partial charge in [-0.25, -0.2) is 0 Å². The second-order valence-corrected chi connectivity index (χ2v) is 6.30. The highest BCUT2D eigenvalue weighted by molar-refractivity contribution is 6.05. The molecule has 1 N–H and O–H groups in total. The van der Waals surface area contributed by atoms with Crippen LogP contribution in [0.1, 0.15) is 52.0 Å². The molecule has 2 aliphatic rings. The van der Waals surface area contributed by atoms with Gasteiger partial charge in [0.25, 0.3) is 0 Å². The van der Waals surface area contributed by atoms with Crippen LogP contribution in [0.25, 0.3) is 0 Å². The lowest BCUT2D eigenvalue weighted by Crippen LogP contribution is -2.30. The fraction of sp³-hybridized carbons (Fsp3) is 0.400. The van der Waals surface area contributed by atoms with Gasteiger partial charge in [-0.2, -0.15) is 0 Å². The van der Waals surface area contributed by atoms with E-state index in [1.165, 1.54) is 0 Å². The average molecular weight is 341 g/mol. The zero-order valence-electron chi connectivity index (χ0n) is 15.1. The molecular weight excluding hydrogens is 318 g/mol. The summed E-state index contributed by atoms with van der Waals surface area (Å²) in [6.45, 7) is 7.65. The summed E-state index contributed by atoms with van der Waals surface area (Å²) in [6.07, 6.45) is 0.782. The van der Waals surface area contributed by atoms with Crippen molar-refractivity contribution in [2.75, 3.05) is 6.79 Å². The molecule has 0 spiro atoms. The van der Waals surface area contributed by atoms with Crippen molar-refractivity contribution in [3.05, 3.63) is 46.3 Å². The summed E-state index contributed by atoms with van der Waals surface area (Å²) in [4.78, 5) is 25.3. The van der Waals surface area contributed by atoms with Crippen LogP contribution >= 0.6 is 0 Å². The number of hydrogen-bond acceptors (Lipinski definition) is 5. The molecular formula is C20H23NO4. The number of allylic oxidation sites excluding steroid dienone is 4. The van der Waals surface area contributed by atoms with Crippen molar-refractivity contribution in [2.45, 2.75) is 46.5 Å². The van der Waals surface area contributed by atoms with Gasteiger partial charge < -0.3 is 14.8 Å². The quantitative estimate of drug-likeness (QED) is 0.886. The van der Waals surface area contributed by atoms with Crippen molar-refractivity contribution in [2.24, 2.45) is 0 Å². The van der Waals surface area contributed by atoms with E-state index in [4.69, 9.17) is 9.47 Å². The van der Waals surface area contributed by atoms with Gasteiger partial charge in [0.05, 0.1) is 0 Å². The molecule has 1 aromatic carbocycles. The molecule has 132 valence electrons. The number of carbonyl (C=O) groups excluding carboxylic acids is 2. The van der Waals surface area contributed by atoms with Crippen LogP contribution in [-0.4, -0.2) is 18.4 Å². The van der Waals surface area contributed by atoms with Crippen molar-refractivity contribution in [3.8, 4) is 11.5 Å². The predicted octanol–water partition coefficient (Wildman–Crippen LogP) is 3.61. The number of hydrogen-bond donors (Lipinski definition) is 1. The molecule has 5 nitrogen and oxygen atoms in total. The molecule has 5 heteroatoms. The third kappa shape index (κ3) is 2.95. The molecule has 0 fully saturated rings. The molecule has 0 saturated carbocycles. The molecule has 0 radical (unpaired) electrons. The van der Waals surface area contributed by atoms with Gasteiger partial charge in [0.2, 0.25) is 6.79 Å². The van der Waals surface area contributed by atoms with E-state index in [1.54, 1.807) is 0 Å². The molecule has 0 saturated heterocycles. The van der Waals surface area contributed by atoms with Crippen molar-refractivity contribution in [1.82, 2.24) is 5.32 Å². The molecule has 0 aliphatic carbocycles. The summed E-state index contributed by atoms with van der Waals surface area (Å²) < 4.78 is 10.9. The minimum Gasteiger partial charge on any atom is -0.454 e. The van der Waals surface area contributed by atoms with Crippen LogP contribution in [0.4, 0.5) is 0 Å². The average Bonchev–Trinajstić information content (AvgIpc) is 3.07. The molecule has 0 atom stereocenters. The molecule has 25 heavy (non-hydrogen) atoms. The van der Waals surface area contributed by atoms with E-state index in [0.29, 0.717) is 35.5 Å². The summed E-state index contributed by atoms with van der Waals surface area (Å²) in [5, 5.41) is 3.22. The zero-order chi connectivity index (χ0) is 18.1. The maximum atomic E-state index is 12.7. The smallest absolute Gasteiger partial charge is 0.231 e. The second kappa shape index (κ2) is 6.75. The first-order valence-electron chi connectivity index (χ1n) is 8.62. The highest BCUT2D eigenvalue weighted by Gasteiger charge is 2.35. The van der Waals surface area contributed by atoms with E-state index >= 15 is 0 Å². The number of carbonyl (C=O) groups is 2. The fourth-order valence-electron chi connectivity index (χ4n) is 3.54. The van der Waals surface area contributed by atoms with E-state index in [9.17, 15) is 9.59 Å². The van der Waals surface area contributed by atoms with Crippen LogP contribution < -0.4 is 14.8 Å². The van der Waals surface area contributed by atoms with Crippen LogP contribution in [0.3, 0.4) is 0 Å². The Morgan fingerprint density at radius 1 is 1.00 bits per heavy atom. The Morgan fingerprint density at radius 2 is 1.56 bits per heavy atom. The van der Waals surface area contributed by atoms with Gasteiger partial charge in [0.15, 0.2) is 23.1 Å². The van der Waals surface area contributed by atoms with E-state index in [-0.39, 0.29) is 24.3 Å². The topological polar surface area (TPSA) is 64.6 Å². The number of rotatable bonds is 5. The van der Waals surface area contributed by atoms with Gasteiger partial charge >= 0.3 is 0 Å². The Kier molecular flexibility index (Phi) is 4.66. The van der Waals surface area contributed by atoms with Crippen molar-refractivity contribution in [1.29, 1.82) is 0 Å². The summed E-state index contributed by atoms with van der Waals surface area (Å²) in [6, 6.07) is 5.63. The lowest BCUT2D eigenvalue weighted by Gasteiger charge is -2.31. The molecule has 0 bridgehead atoms. The Morgan fingerprint density at radius 3 is 2.12 bits per heavy atom. The molecule has 0 unspecified atom stereocenters. The fourth-order valence-corrected chi connectivity index (χ4v) is 3.54. The lowest BCUT2D eigenvalue weighted by molar-refractivity contribution is -0.116. The SMILES string of the molecule is CCC(=O)C1=C(C)NC(C)=C(C(=O)CC)C1c1ccc2c(c1)OCO2. The van der Waals surface area contributed by atoms with Crippen LogP contribution in [0.2, 0.25) is 0 Å². The number of benzene rings is 1. The molecule has 3 rings (SSSR count). The monoisotopic (exact) mass is 341 g/mol. The standard InChI is InChI=1S/C20H23NO4/c1-5-14(22)18-11(3)21-12(4)19(15(23)6-2)20(18)13-7-8-16-17(9-13)25-10-24-16/h7-9,20-21H,5-6,10H2,1-4H3. The van der Waals surface area contributed by atoms with Crippen LogP contribution in [0, 0.1) is 0 Å². The Balaban J connectivity index is 2.18. The number of ketones is 2. The van der Waals surface area contributed by atoms with Crippen molar-refractivity contribution in [3.63, 3.8) is 0 Å². The van der Waals surface area contributed by atoms with Gasteiger partial charge in [0, 0.05) is 41.3 Å². The molecule has 0 aromatic heterocycles. The van der Waals surface area contributed by atoms with Gasteiger partial charge in [0.1, 0.15) is 0 Å². The summed E-state index contributed by atoms with van der Waals surface area (Å²) in [5.41, 5.74) is 3.80. The largest absolute Gasteiger partial charge is 0.454 e. The first kappa shape index (κ1) is 17.3. The summed E-state index contributed by atoms with van der Waals surface area (Å²) >= 11 is 0. The van der Waals surface area contributed by atoms with Crippen LogP contribution in [0.5, 0.6) is 11.5 Å². The van der Waals surface area contributed by atoms with Gasteiger partial charge in [-0.15, -0.1) is 0 Å². The normalized spacial score (nSPS) is 17.0. The molecule has 2 aliphatic heterocycles. The Labute approximate surface area is 147 Å². The number of nitrogens with one attached hydrogen (secondary N) is 1. The van der Waals surface area contributed by atoms with Gasteiger partial charge in [-0.1, -0.05) is 19.9 Å². The first-order valence-corrected chi connectivity index (χ1v) is 8.62.